The van der Waals surface area contributed by atoms with Crippen LogP contribution >= 0.6 is 22.6 Å². The third kappa shape index (κ3) is 3.95. The molecule has 1 N–H and O–H groups in total. The van der Waals surface area contributed by atoms with Crippen molar-refractivity contribution in [3.8, 4) is 0 Å². The van der Waals surface area contributed by atoms with Crippen LogP contribution in [0.1, 0.15) is 37.7 Å². The predicted octanol–water partition coefficient (Wildman–Crippen LogP) is 4.00. The van der Waals surface area contributed by atoms with E-state index in [2.05, 4.69) is 59.2 Å². The number of halogens is 1. The lowest BCUT2D eigenvalue weighted by Crippen LogP contribution is -2.36. The summed E-state index contributed by atoms with van der Waals surface area (Å²) in [6.07, 6.45) is 8.30. The van der Waals surface area contributed by atoms with Crippen molar-refractivity contribution < 1.29 is 0 Å². The summed E-state index contributed by atoms with van der Waals surface area (Å²) in [6.45, 7) is 0. The first-order chi connectivity index (χ1) is 8.29. The fourth-order valence-corrected chi connectivity index (χ4v) is 3.27. The van der Waals surface area contributed by atoms with Crippen molar-refractivity contribution >= 4 is 22.6 Å². The van der Waals surface area contributed by atoms with Crippen molar-refractivity contribution in [3.63, 3.8) is 0 Å². The molecule has 0 aromatic heterocycles. The minimum atomic E-state index is 0.662. The van der Waals surface area contributed by atoms with Crippen LogP contribution in [-0.2, 0) is 6.42 Å². The van der Waals surface area contributed by atoms with Crippen molar-refractivity contribution in [2.75, 3.05) is 7.05 Å². The van der Waals surface area contributed by atoms with E-state index in [4.69, 9.17) is 0 Å². The lowest BCUT2D eigenvalue weighted by Gasteiger charge is -2.30. The summed E-state index contributed by atoms with van der Waals surface area (Å²) in [5.74, 6) is 0.882. The van der Waals surface area contributed by atoms with E-state index >= 15 is 0 Å². The second-order valence-electron chi connectivity index (χ2n) is 5.12. The molecular weight excluding hydrogens is 321 g/mol. The normalized spacial score (nSPS) is 19.2. The fourth-order valence-electron chi connectivity index (χ4n) is 2.92. The van der Waals surface area contributed by atoms with Gasteiger partial charge in [-0.05, 0) is 72.5 Å². The van der Waals surface area contributed by atoms with Crippen molar-refractivity contribution in [2.45, 2.75) is 44.6 Å². The molecule has 1 aliphatic carbocycles. The van der Waals surface area contributed by atoms with E-state index in [0.717, 1.165) is 5.92 Å². The molecule has 2 heteroatoms. The molecule has 1 nitrogen and oxygen atoms in total. The molecule has 0 aliphatic heterocycles. The Morgan fingerprint density at radius 2 is 1.82 bits per heavy atom. The highest BCUT2D eigenvalue weighted by atomic mass is 127. The zero-order valence-electron chi connectivity index (χ0n) is 10.6. The number of benzene rings is 1. The molecule has 0 heterocycles. The Kier molecular flexibility index (Phi) is 5.29. The van der Waals surface area contributed by atoms with Crippen molar-refractivity contribution in [1.82, 2.24) is 5.32 Å². The Morgan fingerprint density at radius 3 is 2.41 bits per heavy atom. The molecule has 1 atom stereocenters. The van der Waals surface area contributed by atoms with Gasteiger partial charge in [0.15, 0.2) is 0 Å². The summed E-state index contributed by atoms with van der Waals surface area (Å²) >= 11 is 2.37. The van der Waals surface area contributed by atoms with Crippen molar-refractivity contribution in [1.29, 1.82) is 0 Å². The molecule has 0 spiro atoms. The van der Waals surface area contributed by atoms with Crippen LogP contribution < -0.4 is 5.32 Å². The van der Waals surface area contributed by atoms with Gasteiger partial charge in [-0.1, -0.05) is 31.4 Å². The molecule has 1 saturated carbocycles. The number of hydrogen-bond donors (Lipinski definition) is 1. The molecule has 0 amide bonds. The predicted molar refractivity (Wildman–Crippen MR) is 82.3 cm³/mol. The maximum Gasteiger partial charge on any atom is 0.0133 e. The van der Waals surface area contributed by atoms with Crippen LogP contribution in [0.25, 0.3) is 0 Å². The van der Waals surface area contributed by atoms with E-state index in [1.807, 2.05) is 0 Å². The fraction of sp³-hybridized carbons (Fsp3) is 0.600. The van der Waals surface area contributed by atoms with E-state index in [-0.39, 0.29) is 0 Å². The van der Waals surface area contributed by atoms with Gasteiger partial charge in [-0.25, -0.2) is 0 Å². The van der Waals surface area contributed by atoms with Gasteiger partial charge in [-0.2, -0.15) is 0 Å². The molecular formula is C15H22IN. The highest BCUT2D eigenvalue weighted by Gasteiger charge is 2.22. The minimum absolute atomic E-state index is 0.662. The second kappa shape index (κ2) is 6.74. The quantitative estimate of drug-likeness (QED) is 0.815. The third-order valence-corrected chi connectivity index (χ3v) is 4.68. The van der Waals surface area contributed by atoms with Gasteiger partial charge >= 0.3 is 0 Å². The van der Waals surface area contributed by atoms with Gasteiger partial charge in [0.05, 0.1) is 0 Å². The van der Waals surface area contributed by atoms with Gasteiger partial charge in [-0.15, -0.1) is 0 Å². The molecule has 0 saturated heterocycles. The van der Waals surface area contributed by atoms with Crippen LogP contribution in [0.4, 0.5) is 0 Å². The summed E-state index contributed by atoms with van der Waals surface area (Å²) < 4.78 is 1.32. The van der Waals surface area contributed by atoms with Crippen LogP contribution in [0.2, 0.25) is 0 Å². The minimum Gasteiger partial charge on any atom is -0.316 e. The van der Waals surface area contributed by atoms with E-state index in [0.29, 0.717) is 6.04 Å². The molecule has 1 aromatic carbocycles. The Labute approximate surface area is 119 Å². The van der Waals surface area contributed by atoms with E-state index in [1.165, 1.54) is 47.7 Å². The molecule has 94 valence electrons. The lowest BCUT2D eigenvalue weighted by atomic mass is 9.81. The van der Waals surface area contributed by atoms with E-state index < -0.39 is 0 Å². The molecule has 1 unspecified atom stereocenters. The molecule has 2 rings (SSSR count). The zero-order chi connectivity index (χ0) is 12.1. The van der Waals surface area contributed by atoms with Crippen LogP contribution in [0, 0.1) is 9.49 Å². The Bertz CT molecular complexity index is 327. The van der Waals surface area contributed by atoms with E-state index in [1.54, 1.807) is 0 Å². The van der Waals surface area contributed by atoms with Crippen molar-refractivity contribution in [2.24, 2.45) is 5.92 Å². The van der Waals surface area contributed by atoms with Gasteiger partial charge in [0, 0.05) is 9.61 Å². The first kappa shape index (κ1) is 13.3. The van der Waals surface area contributed by atoms with Gasteiger partial charge in [0.1, 0.15) is 0 Å². The first-order valence-electron chi connectivity index (χ1n) is 6.71. The molecule has 0 radical (unpaired) electrons. The summed E-state index contributed by atoms with van der Waals surface area (Å²) in [6, 6.07) is 9.63. The Hall–Kier alpha value is -0.0900. The summed E-state index contributed by atoms with van der Waals surface area (Å²) in [5.41, 5.74) is 1.47. The zero-order valence-corrected chi connectivity index (χ0v) is 12.7. The Balaban J connectivity index is 1.96. The SMILES string of the molecule is CNC(Cc1ccc(I)cc1)C1CCCCC1. The van der Waals surface area contributed by atoms with Gasteiger partial charge < -0.3 is 5.32 Å². The summed E-state index contributed by atoms with van der Waals surface area (Å²) in [4.78, 5) is 0. The van der Waals surface area contributed by atoms with Gasteiger partial charge in [-0.3, -0.25) is 0 Å². The molecule has 17 heavy (non-hydrogen) atoms. The highest BCUT2D eigenvalue weighted by Crippen LogP contribution is 2.28. The lowest BCUT2D eigenvalue weighted by molar-refractivity contribution is 0.277. The van der Waals surface area contributed by atoms with E-state index in [9.17, 15) is 0 Å². The van der Waals surface area contributed by atoms with Crippen LogP contribution in [-0.4, -0.2) is 13.1 Å². The summed E-state index contributed by atoms with van der Waals surface area (Å²) in [5, 5.41) is 3.53. The smallest absolute Gasteiger partial charge is 0.0133 e. The monoisotopic (exact) mass is 343 g/mol. The van der Waals surface area contributed by atoms with Gasteiger partial charge in [0.25, 0.3) is 0 Å². The van der Waals surface area contributed by atoms with Crippen LogP contribution in [0.5, 0.6) is 0 Å². The molecule has 1 fully saturated rings. The molecule has 1 aromatic rings. The maximum atomic E-state index is 3.53. The second-order valence-corrected chi connectivity index (χ2v) is 6.37. The number of likely N-dealkylation sites (N-methyl/N-ethyl adjacent to an activating group) is 1. The number of rotatable bonds is 4. The number of hydrogen-bond acceptors (Lipinski definition) is 1. The third-order valence-electron chi connectivity index (χ3n) is 3.96. The van der Waals surface area contributed by atoms with Gasteiger partial charge in [0.2, 0.25) is 0 Å². The first-order valence-corrected chi connectivity index (χ1v) is 7.79. The summed E-state index contributed by atoms with van der Waals surface area (Å²) in [7, 11) is 2.12. The highest BCUT2D eigenvalue weighted by molar-refractivity contribution is 14.1. The Morgan fingerprint density at radius 1 is 1.18 bits per heavy atom. The molecule has 0 bridgehead atoms. The standard InChI is InChI=1S/C15H22IN/c1-17-15(13-5-3-2-4-6-13)11-12-7-9-14(16)10-8-12/h7-10,13,15,17H,2-6,11H2,1H3. The number of nitrogens with one attached hydrogen (secondary N) is 1. The largest absolute Gasteiger partial charge is 0.316 e. The maximum absolute atomic E-state index is 3.53. The van der Waals surface area contributed by atoms with Crippen molar-refractivity contribution in [3.05, 3.63) is 33.4 Å². The molecule has 1 aliphatic rings. The van der Waals surface area contributed by atoms with Crippen LogP contribution in [0.3, 0.4) is 0 Å². The average Bonchev–Trinajstić information content (AvgIpc) is 2.39. The topological polar surface area (TPSA) is 12.0 Å². The average molecular weight is 343 g/mol. The van der Waals surface area contributed by atoms with Crippen LogP contribution in [0.15, 0.2) is 24.3 Å².